The van der Waals surface area contributed by atoms with Crippen LogP contribution in [0.2, 0.25) is 0 Å². The first-order chi connectivity index (χ1) is 7.95. The summed E-state index contributed by atoms with van der Waals surface area (Å²) in [6.45, 7) is 0. The minimum Gasteiger partial charge on any atom is -0.256 e. The molecule has 5 heteroatoms. The Morgan fingerprint density at radius 1 is 0.778 bits per heavy atom. The summed E-state index contributed by atoms with van der Waals surface area (Å²) in [5, 5.41) is 3.70. The van der Waals surface area contributed by atoms with Gasteiger partial charge in [-0.25, -0.2) is 0 Å². The molecule has 0 aliphatic rings. The Balaban J connectivity index is 0.000000691. The van der Waals surface area contributed by atoms with E-state index in [0.29, 0.717) is 0 Å². The van der Waals surface area contributed by atoms with Crippen molar-refractivity contribution < 1.29 is 18.8 Å². The van der Waals surface area contributed by atoms with Crippen molar-refractivity contribution in [3.8, 4) is 0 Å². The first-order valence-electron chi connectivity index (χ1n) is 4.79. The topological polar surface area (TPSA) is 82.9 Å². The molecule has 3 aromatic rings. The van der Waals surface area contributed by atoms with E-state index in [0.717, 1.165) is 5.52 Å². The molecule has 0 aliphatic heterocycles. The number of aromatic nitrogens is 1. The standard InChI is InChI=1S/C13H9N.ClH.2H3N.Pt/c1-2-6-11-10(5-1)9-14-13-8-4-3-7-12(11)13;;;;/h1-9H;1H;2*1H3;/q;;;;+1/p-1. The number of nitrogens with zero attached hydrogens (tertiary/aromatic N) is 1. The van der Waals surface area contributed by atoms with Crippen LogP contribution in [-0.2, 0) is 18.8 Å². The van der Waals surface area contributed by atoms with Gasteiger partial charge in [-0.05, 0) is 11.5 Å². The number of benzene rings is 2. The smallest absolute Gasteiger partial charge is 0.0708 e. The quantitative estimate of drug-likeness (QED) is 0.505. The molecule has 0 amide bonds. The number of rotatable bonds is 0. The molecule has 3 rings (SSSR count). The molecular weight excluding hydrogens is 429 g/mol. The number of fused-ring (bicyclic) bond motifs is 3. The van der Waals surface area contributed by atoms with Crippen LogP contribution in [0, 0.1) is 0 Å². The van der Waals surface area contributed by atoms with Gasteiger partial charge in [-0.3, -0.25) is 4.98 Å². The first-order valence-corrected chi connectivity index (χ1v) is 7.61. The molecule has 6 N–H and O–H groups in total. The fourth-order valence-electron chi connectivity index (χ4n) is 1.81. The average Bonchev–Trinajstić information content (AvgIpc) is 2.41. The first kappa shape index (κ1) is 17.0. The summed E-state index contributed by atoms with van der Waals surface area (Å²) in [6.07, 6.45) is 1.93. The van der Waals surface area contributed by atoms with Gasteiger partial charge >= 0.3 is 28.2 Å². The SMILES string of the molecule is N.N.[Cl][Pt].c1ccc2c(c1)cnc1ccccc12. The summed E-state index contributed by atoms with van der Waals surface area (Å²) < 4.78 is 0. The summed E-state index contributed by atoms with van der Waals surface area (Å²) in [5.74, 6) is 0. The third-order valence-electron chi connectivity index (χ3n) is 2.50. The zero-order chi connectivity index (χ0) is 11.4. The van der Waals surface area contributed by atoms with E-state index in [4.69, 9.17) is 0 Å². The fourth-order valence-corrected chi connectivity index (χ4v) is 1.81. The van der Waals surface area contributed by atoms with Crippen LogP contribution in [0.5, 0.6) is 0 Å². The van der Waals surface area contributed by atoms with Crippen molar-refractivity contribution >= 4 is 31.1 Å². The number of para-hydroxylation sites is 1. The normalized spacial score (nSPS) is 8.83. The van der Waals surface area contributed by atoms with Crippen molar-refractivity contribution in [1.29, 1.82) is 0 Å². The molecule has 2 aromatic carbocycles. The van der Waals surface area contributed by atoms with E-state index in [1.807, 2.05) is 24.4 Å². The van der Waals surface area contributed by atoms with Crippen molar-refractivity contribution in [2.45, 2.75) is 0 Å². The van der Waals surface area contributed by atoms with Gasteiger partial charge in [0.2, 0.25) is 0 Å². The molecule has 0 radical (unpaired) electrons. The predicted molar refractivity (Wildman–Crippen MR) is 75.1 cm³/mol. The van der Waals surface area contributed by atoms with Crippen molar-refractivity contribution in [3.63, 3.8) is 0 Å². The summed E-state index contributed by atoms with van der Waals surface area (Å²) in [4.78, 5) is 4.41. The van der Waals surface area contributed by atoms with E-state index in [9.17, 15) is 0 Å². The maximum absolute atomic E-state index is 4.61. The van der Waals surface area contributed by atoms with Gasteiger partial charge in [0.15, 0.2) is 0 Å². The largest absolute Gasteiger partial charge is 0.256 e. The maximum Gasteiger partial charge on any atom is 0.0708 e. The molecule has 0 spiro atoms. The minimum absolute atomic E-state index is 0. The van der Waals surface area contributed by atoms with E-state index in [-0.39, 0.29) is 12.3 Å². The molecule has 1 heterocycles. The van der Waals surface area contributed by atoms with Crippen LogP contribution >= 0.6 is 9.42 Å². The van der Waals surface area contributed by atoms with E-state index < -0.39 is 0 Å². The Hall–Kier alpha value is -0.992. The summed E-state index contributed by atoms with van der Waals surface area (Å²) in [6, 6.07) is 16.6. The van der Waals surface area contributed by atoms with Crippen molar-refractivity contribution in [1.82, 2.24) is 17.3 Å². The Kier molecular flexibility index (Phi) is 7.72. The van der Waals surface area contributed by atoms with Gasteiger partial charge in [0.1, 0.15) is 0 Å². The van der Waals surface area contributed by atoms with Gasteiger partial charge in [0, 0.05) is 17.0 Å². The second-order valence-electron chi connectivity index (χ2n) is 3.36. The van der Waals surface area contributed by atoms with Crippen LogP contribution in [0.4, 0.5) is 0 Å². The van der Waals surface area contributed by atoms with E-state index in [2.05, 4.69) is 44.7 Å². The number of halogens is 1. The minimum atomic E-state index is 0. The third-order valence-corrected chi connectivity index (χ3v) is 2.50. The number of hydrogen-bond donors (Lipinski definition) is 2. The Labute approximate surface area is 122 Å². The van der Waals surface area contributed by atoms with Gasteiger partial charge < -0.3 is 12.3 Å². The average molecular weight is 444 g/mol. The molecule has 0 atom stereocenters. The van der Waals surface area contributed by atoms with Gasteiger partial charge in [-0.15, -0.1) is 0 Å². The summed E-state index contributed by atoms with van der Waals surface area (Å²) >= 11 is 1.61. The Morgan fingerprint density at radius 2 is 1.33 bits per heavy atom. The van der Waals surface area contributed by atoms with Gasteiger partial charge in [0.25, 0.3) is 0 Å². The molecule has 3 nitrogen and oxygen atoms in total. The summed E-state index contributed by atoms with van der Waals surface area (Å²) in [7, 11) is 4.61. The van der Waals surface area contributed by atoms with Crippen LogP contribution in [0.15, 0.2) is 54.7 Å². The summed E-state index contributed by atoms with van der Waals surface area (Å²) in [5.41, 5.74) is 1.06. The third kappa shape index (κ3) is 3.27. The molecule has 1 aromatic heterocycles. The van der Waals surface area contributed by atoms with Crippen molar-refractivity contribution in [2.24, 2.45) is 0 Å². The molecule has 99 valence electrons. The number of hydrogen-bond acceptors (Lipinski definition) is 3. The molecule has 18 heavy (non-hydrogen) atoms. The van der Waals surface area contributed by atoms with Crippen LogP contribution in [-0.4, -0.2) is 4.98 Å². The molecule has 0 saturated carbocycles. The molecular formula is C13H15ClN3Pt. The fraction of sp³-hybridized carbons (Fsp3) is 0. The molecule has 0 aliphatic carbocycles. The zero-order valence-electron chi connectivity index (χ0n) is 9.75. The monoisotopic (exact) mass is 443 g/mol. The van der Waals surface area contributed by atoms with Gasteiger partial charge in [-0.1, -0.05) is 42.5 Å². The van der Waals surface area contributed by atoms with Crippen LogP contribution in [0.3, 0.4) is 0 Å². The predicted octanol–water partition coefficient (Wildman–Crippen LogP) is 4.40. The second kappa shape index (κ2) is 8.17. The van der Waals surface area contributed by atoms with Crippen LogP contribution in [0.1, 0.15) is 0 Å². The van der Waals surface area contributed by atoms with Crippen LogP contribution < -0.4 is 12.3 Å². The molecule has 0 unspecified atom stereocenters. The van der Waals surface area contributed by atoms with Crippen molar-refractivity contribution in [3.05, 3.63) is 54.7 Å². The second-order valence-corrected chi connectivity index (χ2v) is 3.36. The van der Waals surface area contributed by atoms with Crippen molar-refractivity contribution in [2.75, 3.05) is 0 Å². The maximum atomic E-state index is 4.61. The van der Waals surface area contributed by atoms with E-state index in [1.54, 1.807) is 18.8 Å². The Bertz CT molecular complexity index is 561. The zero-order valence-corrected chi connectivity index (χ0v) is 12.8. The molecule has 0 saturated heterocycles. The van der Waals surface area contributed by atoms with Crippen LogP contribution in [0.25, 0.3) is 21.7 Å². The Morgan fingerprint density at radius 3 is 2.06 bits per heavy atom. The van der Waals surface area contributed by atoms with E-state index >= 15 is 0 Å². The molecule has 0 bridgehead atoms. The molecule has 0 fully saturated rings. The number of pyridine rings is 1. The van der Waals surface area contributed by atoms with Gasteiger partial charge in [-0.2, -0.15) is 0 Å². The van der Waals surface area contributed by atoms with Gasteiger partial charge in [0.05, 0.1) is 5.52 Å². The van der Waals surface area contributed by atoms with E-state index in [1.165, 1.54) is 16.2 Å².